The highest BCUT2D eigenvalue weighted by atomic mass is 16.5. The number of nitrogens with two attached hydrogens (primary N) is 1. The maximum absolute atomic E-state index is 10.8. The molecule has 15 heavy (non-hydrogen) atoms. The molecule has 0 aliphatic carbocycles. The van der Waals surface area contributed by atoms with Crippen LogP contribution >= 0.6 is 0 Å². The molecule has 0 saturated heterocycles. The molecule has 0 unspecified atom stereocenters. The van der Waals surface area contributed by atoms with Gasteiger partial charge in [-0.3, -0.25) is 0 Å². The smallest absolute Gasteiger partial charge is 0.336 e. The summed E-state index contributed by atoms with van der Waals surface area (Å²) in [6, 6.07) is 4.62. The first-order chi connectivity index (χ1) is 7.19. The van der Waals surface area contributed by atoms with E-state index in [1.165, 1.54) is 13.2 Å². The summed E-state index contributed by atoms with van der Waals surface area (Å²) in [5, 5.41) is 8.89. The van der Waals surface area contributed by atoms with Crippen molar-refractivity contribution in [3.63, 3.8) is 0 Å². The van der Waals surface area contributed by atoms with Gasteiger partial charge >= 0.3 is 5.97 Å². The minimum Gasteiger partial charge on any atom is -0.497 e. The van der Waals surface area contributed by atoms with Crippen LogP contribution in [0.3, 0.4) is 0 Å². The zero-order valence-corrected chi connectivity index (χ0v) is 8.28. The molecule has 0 bridgehead atoms. The molecule has 1 aromatic carbocycles. The van der Waals surface area contributed by atoms with Gasteiger partial charge < -0.3 is 15.6 Å². The Labute approximate surface area is 87.7 Å². The van der Waals surface area contributed by atoms with E-state index in [0.29, 0.717) is 11.3 Å². The number of methoxy groups -OCH3 is 1. The van der Waals surface area contributed by atoms with Crippen LogP contribution in [0.25, 0.3) is 0 Å². The van der Waals surface area contributed by atoms with E-state index in [0.717, 1.165) is 0 Å². The maximum Gasteiger partial charge on any atom is 0.336 e. The van der Waals surface area contributed by atoms with E-state index in [-0.39, 0.29) is 12.1 Å². The molecular formula is C11H11NO3. The van der Waals surface area contributed by atoms with Crippen LogP contribution < -0.4 is 10.5 Å². The summed E-state index contributed by atoms with van der Waals surface area (Å²) in [5.74, 6) is 4.86. The predicted octanol–water partition coefficient (Wildman–Crippen LogP) is 0.704. The lowest BCUT2D eigenvalue weighted by Crippen LogP contribution is -2.01. The number of rotatable bonds is 2. The van der Waals surface area contributed by atoms with Crippen LogP contribution in [0.1, 0.15) is 15.9 Å². The molecule has 0 spiro atoms. The van der Waals surface area contributed by atoms with Gasteiger partial charge in [0.05, 0.1) is 19.2 Å². The summed E-state index contributed by atoms with van der Waals surface area (Å²) in [7, 11) is 1.51. The van der Waals surface area contributed by atoms with Crippen LogP contribution in [0, 0.1) is 11.8 Å². The Bertz CT molecular complexity index is 429. The fourth-order valence-corrected chi connectivity index (χ4v) is 1.09. The normalized spacial score (nSPS) is 8.93. The Morgan fingerprint density at radius 2 is 2.33 bits per heavy atom. The zero-order valence-electron chi connectivity index (χ0n) is 8.28. The molecular weight excluding hydrogens is 194 g/mol. The second kappa shape index (κ2) is 5.03. The van der Waals surface area contributed by atoms with Crippen molar-refractivity contribution < 1.29 is 14.6 Å². The average Bonchev–Trinajstić information content (AvgIpc) is 2.25. The van der Waals surface area contributed by atoms with Gasteiger partial charge in [-0.2, -0.15) is 0 Å². The molecule has 0 fully saturated rings. The van der Waals surface area contributed by atoms with E-state index in [4.69, 9.17) is 15.6 Å². The van der Waals surface area contributed by atoms with Crippen molar-refractivity contribution in [2.45, 2.75) is 0 Å². The highest BCUT2D eigenvalue weighted by Gasteiger charge is 2.08. The van der Waals surface area contributed by atoms with E-state index >= 15 is 0 Å². The Morgan fingerprint density at radius 3 is 2.87 bits per heavy atom. The molecule has 0 aliphatic rings. The standard InChI is InChI=1S/C11H11NO3/c1-15-9-4-5-10(11(13)14)8(7-9)3-2-6-12/h4-5,7H,6,12H2,1H3,(H,13,14). The summed E-state index contributed by atoms with van der Waals surface area (Å²) in [6.45, 7) is 0.191. The molecule has 0 heterocycles. The van der Waals surface area contributed by atoms with E-state index in [9.17, 15) is 4.79 Å². The van der Waals surface area contributed by atoms with Crippen molar-refractivity contribution in [3.8, 4) is 17.6 Å². The maximum atomic E-state index is 10.8. The van der Waals surface area contributed by atoms with Crippen LogP contribution in [-0.2, 0) is 0 Å². The van der Waals surface area contributed by atoms with Crippen molar-refractivity contribution in [3.05, 3.63) is 29.3 Å². The first-order valence-electron chi connectivity index (χ1n) is 4.29. The number of carbonyl (C=O) groups is 1. The van der Waals surface area contributed by atoms with Crippen molar-refractivity contribution >= 4 is 5.97 Å². The number of carboxylic acid groups (broad SMARTS) is 1. The van der Waals surface area contributed by atoms with Gasteiger partial charge in [0.25, 0.3) is 0 Å². The van der Waals surface area contributed by atoms with Crippen LogP contribution in [0.4, 0.5) is 0 Å². The van der Waals surface area contributed by atoms with E-state index < -0.39 is 5.97 Å². The number of ether oxygens (including phenoxy) is 1. The highest BCUT2D eigenvalue weighted by molar-refractivity contribution is 5.91. The van der Waals surface area contributed by atoms with Gasteiger partial charge in [-0.15, -0.1) is 0 Å². The molecule has 0 amide bonds. The Hall–Kier alpha value is -1.99. The average molecular weight is 205 g/mol. The quantitative estimate of drug-likeness (QED) is 0.697. The number of benzene rings is 1. The summed E-state index contributed by atoms with van der Waals surface area (Å²) < 4.78 is 4.98. The van der Waals surface area contributed by atoms with Crippen LogP contribution in [-0.4, -0.2) is 24.7 Å². The Morgan fingerprint density at radius 1 is 1.60 bits per heavy atom. The van der Waals surface area contributed by atoms with Gasteiger partial charge in [0.1, 0.15) is 5.75 Å². The van der Waals surface area contributed by atoms with Crippen molar-refractivity contribution in [2.75, 3.05) is 13.7 Å². The van der Waals surface area contributed by atoms with Gasteiger partial charge in [-0.05, 0) is 18.2 Å². The Balaban J connectivity index is 3.22. The predicted molar refractivity (Wildman–Crippen MR) is 55.9 cm³/mol. The fourth-order valence-electron chi connectivity index (χ4n) is 1.09. The molecule has 4 heteroatoms. The second-order valence-electron chi connectivity index (χ2n) is 2.72. The molecule has 0 atom stereocenters. The molecule has 1 rings (SSSR count). The van der Waals surface area contributed by atoms with Crippen molar-refractivity contribution in [1.82, 2.24) is 0 Å². The molecule has 0 aliphatic heterocycles. The van der Waals surface area contributed by atoms with Gasteiger partial charge in [0.2, 0.25) is 0 Å². The van der Waals surface area contributed by atoms with Crippen molar-refractivity contribution in [1.29, 1.82) is 0 Å². The van der Waals surface area contributed by atoms with Gasteiger partial charge in [0.15, 0.2) is 0 Å². The molecule has 3 N–H and O–H groups in total. The van der Waals surface area contributed by atoms with Crippen LogP contribution in [0.5, 0.6) is 5.75 Å². The van der Waals surface area contributed by atoms with E-state index in [1.807, 2.05) is 0 Å². The SMILES string of the molecule is COc1ccc(C(=O)O)c(C#CCN)c1. The van der Waals surface area contributed by atoms with Gasteiger partial charge in [0, 0.05) is 5.56 Å². The number of carboxylic acids is 1. The lowest BCUT2D eigenvalue weighted by molar-refractivity contribution is 0.0696. The van der Waals surface area contributed by atoms with Gasteiger partial charge in [-0.1, -0.05) is 11.8 Å². The lowest BCUT2D eigenvalue weighted by Gasteiger charge is -2.02. The Kier molecular flexibility index (Phi) is 3.72. The summed E-state index contributed by atoms with van der Waals surface area (Å²) >= 11 is 0. The summed E-state index contributed by atoms with van der Waals surface area (Å²) in [4.78, 5) is 10.8. The first kappa shape index (κ1) is 11.1. The number of hydrogen-bond acceptors (Lipinski definition) is 3. The van der Waals surface area contributed by atoms with Gasteiger partial charge in [-0.25, -0.2) is 4.79 Å². The van der Waals surface area contributed by atoms with E-state index in [2.05, 4.69) is 11.8 Å². The third-order valence-corrected chi connectivity index (χ3v) is 1.78. The third-order valence-electron chi connectivity index (χ3n) is 1.78. The second-order valence-corrected chi connectivity index (χ2v) is 2.72. The molecule has 0 aromatic heterocycles. The molecule has 1 aromatic rings. The zero-order chi connectivity index (χ0) is 11.3. The fraction of sp³-hybridized carbons (Fsp3) is 0.182. The topological polar surface area (TPSA) is 72.5 Å². The van der Waals surface area contributed by atoms with Crippen LogP contribution in [0.2, 0.25) is 0 Å². The molecule has 0 saturated carbocycles. The monoisotopic (exact) mass is 205 g/mol. The number of hydrogen-bond donors (Lipinski definition) is 2. The lowest BCUT2D eigenvalue weighted by atomic mass is 10.1. The third kappa shape index (κ3) is 2.73. The highest BCUT2D eigenvalue weighted by Crippen LogP contribution is 2.16. The minimum absolute atomic E-state index is 0.150. The van der Waals surface area contributed by atoms with Crippen molar-refractivity contribution in [2.24, 2.45) is 5.73 Å². The molecule has 4 nitrogen and oxygen atoms in total. The van der Waals surface area contributed by atoms with Crippen LogP contribution in [0.15, 0.2) is 18.2 Å². The molecule has 78 valence electrons. The van der Waals surface area contributed by atoms with E-state index in [1.54, 1.807) is 12.1 Å². The minimum atomic E-state index is -1.01. The summed E-state index contributed by atoms with van der Waals surface area (Å²) in [6.07, 6.45) is 0. The molecule has 0 radical (unpaired) electrons. The number of aromatic carboxylic acids is 1. The summed E-state index contributed by atoms with van der Waals surface area (Å²) in [5.41, 5.74) is 5.78. The first-order valence-corrected chi connectivity index (χ1v) is 4.29. The largest absolute Gasteiger partial charge is 0.497 e.